The molecule has 0 bridgehead atoms. The summed E-state index contributed by atoms with van der Waals surface area (Å²) >= 11 is 0. The zero-order valence-corrected chi connectivity index (χ0v) is 8.96. The standard InChI is InChI=1S/C11H20N2O/c1-9-3-4-10(9)11(14)13-7-2-5-12-6-8-13/h9-10,12H,2-8H2,1H3/t9-,10+/m0/s1. The number of hydrogen-bond acceptors (Lipinski definition) is 2. The number of amides is 1. The Morgan fingerprint density at radius 3 is 2.79 bits per heavy atom. The highest BCUT2D eigenvalue weighted by atomic mass is 16.2. The molecule has 0 aromatic heterocycles. The van der Waals surface area contributed by atoms with Gasteiger partial charge in [-0.2, -0.15) is 0 Å². The van der Waals surface area contributed by atoms with Gasteiger partial charge in [-0.25, -0.2) is 0 Å². The maximum Gasteiger partial charge on any atom is 0.225 e. The summed E-state index contributed by atoms with van der Waals surface area (Å²) in [5.41, 5.74) is 0. The fraction of sp³-hybridized carbons (Fsp3) is 0.909. The molecule has 1 saturated carbocycles. The van der Waals surface area contributed by atoms with Crippen LogP contribution in [0.5, 0.6) is 0 Å². The normalized spacial score (nSPS) is 33.4. The minimum absolute atomic E-state index is 0.341. The minimum atomic E-state index is 0.341. The first-order chi connectivity index (χ1) is 6.79. The van der Waals surface area contributed by atoms with Crippen LogP contribution in [0.4, 0.5) is 0 Å². The molecule has 1 heterocycles. The van der Waals surface area contributed by atoms with Gasteiger partial charge in [-0.05, 0) is 31.7 Å². The first-order valence-electron chi connectivity index (χ1n) is 5.78. The Hall–Kier alpha value is -0.570. The lowest BCUT2D eigenvalue weighted by Crippen LogP contribution is -2.44. The molecule has 2 fully saturated rings. The van der Waals surface area contributed by atoms with Crippen molar-refractivity contribution in [2.75, 3.05) is 26.2 Å². The Morgan fingerprint density at radius 1 is 1.29 bits per heavy atom. The highest BCUT2D eigenvalue weighted by molar-refractivity contribution is 5.80. The van der Waals surface area contributed by atoms with E-state index in [4.69, 9.17) is 0 Å². The van der Waals surface area contributed by atoms with Gasteiger partial charge in [0.05, 0.1) is 0 Å². The van der Waals surface area contributed by atoms with E-state index in [1.807, 2.05) is 0 Å². The Kier molecular flexibility index (Phi) is 3.06. The van der Waals surface area contributed by atoms with Gasteiger partial charge in [0.1, 0.15) is 0 Å². The van der Waals surface area contributed by atoms with Crippen molar-refractivity contribution in [3.8, 4) is 0 Å². The first-order valence-corrected chi connectivity index (χ1v) is 5.78. The third-order valence-electron chi connectivity index (χ3n) is 3.59. The van der Waals surface area contributed by atoms with E-state index in [-0.39, 0.29) is 0 Å². The van der Waals surface area contributed by atoms with Crippen LogP contribution >= 0.6 is 0 Å². The lowest BCUT2D eigenvalue weighted by atomic mass is 9.74. The molecule has 3 nitrogen and oxygen atoms in total. The Bertz CT molecular complexity index is 209. The molecular weight excluding hydrogens is 176 g/mol. The Balaban J connectivity index is 1.89. The van der Waals surface area contributed by atoms with Crippen molar-refractivity contribution >= 4 is 5.91 Å². The molecule has 1 aliphatic heterocycles. The van der Waals surface area contributed by atoms with Crippen LogP contribution in [0.25, 0.3) is 0 Å². The summed E-state index contributed by atoms with van der Waals surface area (Å²) in [6, 6.07) is 0. The van der Waals surface area contributed by atoms with Gasteiger partial charge < -0.3 is 10.2 Å². The van der Waals surface area contributed by atoms with Gasteiger partial charge in [-0.1, -0.05) is 6.92 Å². The lowest BCUT2D eigenvalue weighted by Gasteiger charge is -2.36. The summed E-state index contributed by atoms with van der Waals surface area (Å²) in [4.78, 5) is 14.1. The van der Waals surface area contributed by atoms with Gasteiger partial charge in [-0.3, -0.25) is 4.79 Å². The van der Waals surface area contributed by atoms with Crippen molar-refractivity contribution in [2.45, 2.75) is 26.2 Å². The molecule has 3 heteroatoms. The van der Waals surface area contributed by atoms with Gasteiger partial charge in [-0.15, -0.1) is 0 Å². The Labute approximate surface area is 85.8 Å². The monoisotopic (exact) mass is 196 g/mol. The van der Waals surface area contributed by atoms with Crippen molar-refractivity contribution in [1.82, 2.24) is 10.2 Å². The van der Waals surface area contributed by atoms with Gasteiger partial charge in [0.2, 0.25) is 5.91 Å². The second-order valence-corrected chi connectivity index (χ2v) is 4.59. The van der Waals surface area contributed by atoms with Crippen molar-refractivity contribution in [1.29, 1.82) is 0 Å². The number of hydrogen-bond donors (Lipinski definition) is 1. The fourth-order valence-corrected chi connectivity index (χ4v) is 2.33. The highest BCUT2D eigenvalue weighted by Crippen LogP contribution is 2.35. The van der Waals surface area contributed by atoms with Crippen molar-refractivity contribution < 1.29 is 4.79 Å². The summed E-state index contributed by atoms with van der Waals surface area (Å²) < 4.78 is 0. The van der Waals surface area contributed by atoms with Gasteiger partial charge in [0.15, 0.2) is 0 Å². The molecule has 0 aromatic rings. The van der Waals surface area contributed by atoms with Crippen molar-refractivity contribution in [2.24, 2.45) is 11.8 Å². The van der Waals surface area contributed by atoms with Gasteiger partial charge in [0, 0.05) is 25.6 Å². The van der Waals surface area contributed by atoms with Crippen LogP contribution in [0.2, 0.25) is 0 Å². The summed E-state index contributed by atoms with van der Waals surface area (Å²) in [6.45, 7) is 6.08. The topological polar surface area (TPSA) is 32.3 Å². The third kappa shape index (κ3) is 1.92. The van der Waals surface area contributed by atoms with Crippen molar-refractivity contribution in [3.05, 3.63) is 0 Å². The number of carbonyl (C=O) groups is 1. The molecule has 14 heavy (non-hydrogen) atoms. The number of carbonyl (C=O) groups excluding carboxylic acids is 1. The second kappa shape index (κ2) is 4.30. The van der Waals surface area contributed by atoms with E-state index in [9.17, 15) is 4.79 Å². The number of rotatable bonds is 1. The van der Waals surface area contributed by atoms with E-state index >= 15 is 0 Å². The predicted octanol–water partition coefficient (Wildman–Crippen LogP) is 0.854. The van der Waals surface area contributed by atoms with E-state index in [1.54, 1.807) is 0 Å². The van der Waals surface area contributed by atoms with Crippen LogP contribution in [0, 0.1) is 11.8 Å². The summed E-state index contributed by atoms with van der Waals surface area (Å²) in [5, 5.41) is 3.32. The summed E-state index contributed by atoms with van der Waals surface area (Å²) in [7, 11) is 0. The minimum Gasteiger partial charge on any atom is -0.341 e. The predicted molar refractivity (Wildman–Crippen MR) is 56.0 cm³/mol. The SMILES string of the molecule is C[C@H]1CC[C@H]1C(=O)N1CCCNCC1. The molecule has 0 spiro atoms. The molecule has 2 aliphatic rings. The molecule has 1 saturated heterocycles. The van der Waals surface area contributed by atoms with E-state index < -0.39 is 0 Å². The zero-order valence-electron chi connectivity index (χ0n) is 8.96. The maximum absolute atomic E-state index is 12.0. The highest BCUT2D eigenvalue weighted by Gasteiger charge is 2.35. The Morgan fingerprint density at radius 2 is 2.14 bits per heavy atom. The lowest BCUT2D eigenvalue weighted by molar-refractivity contribution is -0.140. The number of nitrogens with zero attached hydrogens (tertiary/aromatic N) is 1. The van der Waals surface area contributed by atoms with Crippen LogP contribution in [-0.4, -0.2) is 37.0 Å². The average Bonchev–Trinajstić information content (AvgIpc) is 2.43. The van der Waals surface area contributed by atoms with Gasteiger partial charge in [0.25, 0.3) is 0 Å². The molecule has 0 radical (unpaired) electrons. The molecule has 2 atom stereocenters. The summed E-state index contributed by atoms with van der Waals surface area (Å²) in [6.07, 6.45) is 3.46. The molecule has 80 valence electrons. The average molecular weight is 196 g/mol. The van der Waals surface area contributed by atoms with E-state index in [0.29, 0.717) is 17.7 Å². The largest absolute Gasteiger partial charge is 0.341 e. The van der Waals surface area contributed by atoms with Crippen LogP contribution in [0.15, 0.2) is 0 Å². The smallest absolute Gasteiger partial charge is 0.225 e. The molecule has 0 unspecified atom stereocenters. The molecular formula is C11H20N2O. The van der Waals surface area contributed by atoms with E-state index in [1.165, 1.54) is 6.42 Å². The molecule has 1 aliphatic carbocycles. The quantitative estimate of drug-likeness (QED) is 0.674. The molecule has 1 amide bonds. The fourth-order valence-electron chi connectivity index (χ4n) is 2.33. The van der Waals surface area contributed by atoms with Crippen LogP contribution in [-0.2, 0) is 4.79 Å². The summed E-state index contributed by atoms with van der Waals surface area (Å²) in [5.74, 6) is 1.37. The molecule has 0 aromatic carbocycles. The third-order valence-corrected chi connectivity index (χ3v) is 3.59. The first kappa shape index (κ1) is 9.97. The zero-order chi connectivity index (χ0) is 9.97. The van der Waals surface area contributed by atoms with Gasteiger partial charge >= 0.3 is 0 Å². The van der Waals surface area contributed by atoms with Crippen LogP contribution in [0.1, 0.15) is 26.2 Å². The van der Waals surface area contributed by atoms with Crippen molar-refractivity contribution in [3.63, 3.8) is 0 Å². The van der Waals surface area contributed by atoms with Crippen LogP contribution < -0.4 is 5.32 Å². The van der Waals surface area contributed by atoms with E-state index in [0.717, 1.165) is 39.0 Å². The van der Waals surface area contributed by atoms with E-state index in [2.05, 4.69) is 17.1 Å². The second-order valence-electron chi connectivity index (χ2n) is 4.59. The number of nitrogens with one attached hydrogen (secondary N) is 1. The van der Waals surface area contributed by atoms with Crippen LogP contribution in [0.3, 0.4) is 0 Å². The molecule has 1 N–H and O–H groups in total. The molecule has 2 rings (SSSR count). The maximum atomic E-state index is 12.0.